The quantitative estimate of drug-likeness (QED) is 0.628. The number of H-pyrrole nitrogens is 1. The summed E-state index contributed by atoms with van der Waals surface area (Å²) in [7, 11) is 0. The van der Waals surface area contributed by atoms with E-state index < -0.39 is 5.91 Å². The molecule has 0 fully saturated rings. The molecule has 2 amide bonds. The van der Waals surface area contributed by atoms with Crippen molar-refractivity contribution in [1.82, 2.24) is 21.0 Å². The van der Waals surface area contributed by atoms with Gasteiger partial charge in [0.2, 0.25) is 5.91 Å². The van der Waals surface area contributed by atoms with Gasteiger partial charge < -0.3 is 9.51 Å². The number of carbonyl (C=O) groups excluding carboxylic acids is 2. The van der Waals surface area contributed by atoms with Crippen LogP contribution in [0.5, 0.6) is 0 Å². The lowest BCUT2D eigenvalue weighted by atomic mass is 10.2. The molecule has 2 heterocycles. The number of amides is 2. The van der Waals surface area contributed by atoms with Gasteiger partial charge in [-0.2, -0.15) is 0 Å². The third-order valence-corrected chi connectivity index (χ3v) is 2.94. The number of hydrogen-bond acceptors (Lipinski definition) is 4. The lowest BCUT2D eigenvalue weighted by Crippen LogP contribution is -2.42. The number of rotatable bonds is 3. The van der Waals surface area contributed by atoms with Gasteiger partial charge in [-0.3, -0.25) is 20.4 Å². The van der Waals surface area contributed by atoms with E-state index in [1.54, 1.807) is 24.4 Å². The first-order valence-electron chi connectivity index (χ1n) is 6.30. The monoisotopic (exact) mass is 284 g/mol. The van der Waals surface area contributed by atoms with Crippen molar-refractivity contribution in [2.24, 2.45) is 0 Å². The maximum absolute atomic E-state index is 11.8. The Balaban J connectivity index is 1.60. The molecule has 3 rings (SSSR count). The fourth-order valence-corrected chi connectivity index (χ4v) is 1.93. The van der Waals surface area contributed by atoms with Crippen LogP contribution in [0.2, 0.25) is 0 Å². The fraction of sp³-hybridized carbons (Fsp3) is 0.0714. The van der Waals surface area contributed by atoms with Crippen LogP contribution >= 0.6 is 0 Å². The minimum absolute atomic E-state index is 0.0159. The summed E-state index contributed by atoms with van der Waals surface area (Å²) >= 11 is 0. The smallest absolute Gasteiger partial charge is 0.286 e. The van der Waals surface area contributed by atoms with E-state index in [1.807, 2.05) is 18.2 Å². The van der Waals surface area contributed by atoms with E-state index >= 15 is 0 Å². The van der Waals surface area contributed by atoms with Crippen LogP contribution in [0.4, 0.5) is 0 Å². The molecule has 7 heteroatoms. The number of aromatic nitrogens is 2. The summed E-state index contributed by atoms with van der Waals surface area (Å²) in [4.78, 5) is 26.2. The van der Waals surface area contributed by atoms with E-state index in [9.17, 15) is 9.59 Å². The minimum atomic E-state index is -0.418. The average molecular weight is 284 g/mol. The van der Waals surface area contributed by atoms with Gasteiger partial charge in [0.15, 0.2) is 5.58 Å². The van der Waals surface area contributed by atoms with Crippen LogP contribution in [0.25, 0.3) is 11.0 Å². The van der Waals surface area contributed by atoms with Crippen molar-refractivity contribution >= 4 is 22.8 Å². The predicted octanol–water partition coefficient (Wildman–Crippen LogP) is 1.16. The molecule has 0 aliphatic carbocycles. The largest absolute Gasteiger partial charge is 0.357 e. The van der Waals surface area contributed by atoms with Gasteiger partial charge in [-0.25, -0.2) is 0 Å². The van der Waals surface area contributed by atoms with Crippen LogP contribution in [0.3, 0.4) is 0 Å². The molecule has 0 atom stereocenters. The highest BCUT2D eigenvalue weighted by Crippen LogP contribution is 2.17. The number of fused-ring (bicyclic) bond motifs is 1. The second kappa shape index (κ2) is 5.49. The van der Waals surface area contributed by atoms with Crippen LogP contribution in [0, 0.1) is 0 Å². The molecule has 0 aliphatic heterocycles. The molecule has 1 aromatic carbocycles. The van der Waals surface area contributed by atoms with Crippen LogP contribution in [0.1, 0.15) is 16.2 Å². The van der Waals surface area contributed by atoms with Crippen molar-refractivity contribution in [2.75, 3.05) is 0 Å². The topological polar surface area (TPSA) is 100 Å². The first-order chi connectivity index (χ1) is 10.2. The number of nitrogens with one attached hydrogen (secondary N) is 3. The number of hydrogen-bond donors (Lipinski definition) is 3. The van der Waals surface area contributed by atoms with Gasteiger partial charge in [-0.1, -0.05) is 17.3 Å². The fourth-order valence-electron chi connectivity index (χ4n) is 1.93. The van der Waals surface area contributed by atoms with Crippen LogP contribution in [0.15, 0.2) is 47.1 Å². The minimum Gasteiger partial charge on any atom is -0.357 e. The molecule has 3 N–H and O–H groups in total. The number of nitrogens with zero attached hydrogens (tertiary/aromatic N) is 1. The molecule has 21 heavy (non-hydrogen) atoms. The third-order valence-electron chi connectivity index (χ3n) is 2.94. The molecule has 7 nitrogen and oxygen atoms in total. The highest BCUT2D eigenvalue weighted by Gasteiger charge is 2.13. The molecule has 0 unspecified atom stereocenters. The zero-order chi connectivity index (χ0) is 14.7. The first-order valence-corrected chi connectivity index (χ1v) is 6.30. The number of para-hydroxylation sites is 1. The maximum Gasteiger partial charge on any atom is 0.286 e. The molecular weight excluding hydrogens is 272 g/mol. The van der Waals surface area contributed by atoms with Crippen molar-refractivity contribution < 1.29 is 14.1 Å². The first kappa shape index (κ1) is 12.9. The highest BCUT2D eigenvalue weighted by molar-refractivity contribution is 5.94. The summed E-state index contributed by atoms with van der Waals surface area (Å²) in [6.45, 7) is 0. The number of carbonyl (C=O) groups is 2. The molecule has 106 valence electrons. The molecule has 0 bridgehead atoms. The van der Waals surface area contributed by atoms with E-state index in [0.717, 1.165) is 5.39 Å². The SMILES string of the molecule is O=C(Cc1noc2ccccc12)NNC(=O)c1ccc[nH]1. The van der Waals surface area contributed by atoms with Crippen molar-refractivity contribution in [2.45, 2.75) is 6.42 Å². The molecule has 0 aliphatic rings. The van der Waals surface area contributed by atoms with Crippen molar-refractivity contribution in [3.63, 3.8) is 0 Å². The Hall–Kier alpha value is -3.09. The van der Waals surface area contributed by atoms with E-state index in [1.165, 1.54) is 0 Å². The molecular formula is C14H12N4O3. The second-order valence-electron chi connectivity index (χ2n) is 4.39. The lowest BCUT2D eigenvalue weighted by Gasteiger charge is -2.05. The summed E-state index contributed by atoms with van der Waals surface area (Å²) in [5.41, 5.74) is 6.16. The van der Waals surface area contributed by atoms with E-state index in [4.69, 9.17) is 4.52 Å². The Bertz CT molecular complexity index is 776. The number of benzene rings is 1. The second-order valence-corrected chi connectivity index (χ2v) is 4.39. The Labute approximate surface area is 119 Å². The van der Waals surface area contributed by atoms with Gasteiger partial charge in [0.1, 0.15) is 11.4 Å². The molecule has 0 saturated heterocycles. The Kier molecular flexibility index (Phi) is 3.38. The highest BCUT2D eigenvalue weighted by atomic mass is 16.5. The maximum atomic E-state index is 11.8. The normalized spacial score (nSPS) is 10.5. The summed E-state index contributed by atoms with van der Waals surface area (Å²) in [5.74, 6) is -0.799. The van der Waals surface area contributed by atoms with Gasteiger partial charge in [-0.05, 0) is 24.3 Å². The zero-order valence-electron chi connectivity index (χ0n) is 10.9. The Morgan fingerprint density at radius 1 is 1.14 bits per heavy atom. The van der Waals surface area contributed by atoms with Gasteiger partial charge in [0, 0.05) is 11.6 Å². The van der Waals surface area contributed by atoms with Gasteiger partial charge in [0.25, 0.3) is 5.91 Å². The van der Waals surface area contributed by atoms with Crippen molar-refractivity contribution in [3.05, 3.63) is 54.0 Å². The molecule has 0 saturated carbocycles. The van der Waals surface area contributed by atoms with Crippen LogP contribution in [-0.4, -0.2) is 22.0 Å². The summed E-state index contributed by atoms with van der Waals surface area (Å²) in [6.07, 6.45) is 1.64. The summed E-state index contributed by atoms with van der Waals surface area (Å²) in [6, 6.07) is 10.6. The molecule has 0 radical (unpaired) electrons. The van der Waals surface area contributed by atoms with Gasteiger partial charge >= 0.3 is 0 Å². The Morgan fingerprint density at radius 2 is 2.00 bits per heavy atom. The van der Waals surface area contributed by atoms with Crippen LogP contribution < -0.4 is 10.9 Å². The van der Waals surface area contributed by atoms with E-state index in [0.29, 0.717) is 17.0 Å². The van der Waals surface area contributed by atoms with Crippen LogP contribution in [-0.2, 0) is 11.2 Å². The van der Waals surface area contributed by atoms with E-state index in [-0.39, 0.29) is 12.3 Å². The molecule has 0 spiro atoms. The number of aromatic amines is 1. The standard InChI is InChI=1S/C14H12N4O3/c19-13(16-17-14(20)10-5-3-7-15-10)8-11-9-4-1-2-6-12(9)21-18-11/h1-7,15H,8H2,(H,16,19)(H,17,20). The number of hydrazine groups is 1. The van der Waals surface area contributed by atoms with Crippen molar-refractivity contribution in [1.29, 1.82) is 0 Å². The third kappa shape index (κ3) is 2.76. The Morgan fingerprint density at radius 3 is 2.81 bits per heavy atom. The van der Waals surface area contributed by atoms with E-state index in [2.05, 4.69) is 21.0 Å². The average Bonchev–Trinajstić information content (AvgIpc) is 3.15. The van der Waals surface area contributed by atoms with Gasteiger partial charge in [0.05, 0.1) is 6.42 Å². The van der Waals surface area contributed by atoms with Gasteiger partial charge in [-0.15, -0.1) is 0 Å². The summed E-state index contributed by atoms with van der Waals surface area (Å²) in [5, 5.41) is 4.64. The predicted molar refractivity (Wildman–Crippen MR) is 74.1 cm³/mol. The molecule has 3 aromatic rings. The lowest BCUT2D eigenvalue weighted by molar-refractivity contribution is -0.121. The zero-order valence-corrected chi connectivity index (χ0v) is 10.9. The molecule has 2 aromatic heterocycles. The van der Waals surface area contributed by atoms with Crippen molar-refractivity contribution in [3.8, 4) is 0 Å². The summed E-state index contributed by atoms with van der Waals surface area (Å²) < 4.78 is 5.11.